The Morgan fingerprint density at radius 3 is 2.28 bits per heavy atom. The van der Waals surface area contributed by atoms with E-state index in [1.807, 2.05) is 51.1 Å². The summed E-state index contributed by atoms with van der Waals surface area (Å²) < 4.78 is 5.27. The highest BCUT2D eigenvalue weighted by molar-refractivity contribution is 7.80. The van der Waals surface area contributed by atoms with E-state index in [0.717, 1.165) is 21.6 Å². The first-order valence-corrected chi connectivity index (χ1v) is 12.2. The van der Waals surface area contributed by atoms with Crippen molar-refractivity contribution in [2.75, 3.05) is 17.6 Å². The standard InChI is InChI=1S/C27H34N4O4S/c1-17-11-12-20(15-19(17)3)23(24(32)29-21-10-8-7-9-18(21)2)31(14-13-28)25(33)22(16-36)30-26(34)35-27(4,5)6/h7-12,15,22-23,36H,14,16H2,1-6H3,(H,29,32)(H,30,34). The van der Waals surface area contributed by atoms with Gasteiger partial charge in [-0.15, -0.1) is 0 Å². The summed E-state index contributed by atoms with van der Waals surface area (Å²) in [5, 5.41) is 15.0. The molecule has 2 aromatic rings. The predicted octanol–water partition coefficient (Wildman–Crippen LogP) is 4.47. The Bertz CT molecular complexity index is 1150. The van der Waals surface area contributed by atoms with Crippen LogP contribution in [0.15, 0.2) is 42.5 Å². The van der Waals surface area contributed by atoms with Crippen LogP contribution in [0.1, 0.15) is 49.1 Å². The average Bonchev–Trinajstić information content (AvgIpc) is 2.79. The molecule has 0 aliphatic rings. The molecule has 0 saturated heterocycles. The number of anilines is 1. The molecule has 2 rings (SSSR count). The normalized spacial score (nSPS) is 12.6. The molecule has 36 heavy (non-hydrogen) atoms. The number of carbonyl (C=O) groups is 3. The lowest BCUT2D eigenvalue weighted by molar-refractivity contribution is -0.139. The van der Waals surface area contributed by atoms with Gasteiger partial charge in [-0.05, 0) is 69.9 Å². The lowest BCUT2D eigenvalue weighted by Crippen LogP contribution is -2.53. The summed E-state index contributed by atoms with van der Waals surface area (Å²) in [6.07, 6.45) is -0.793. The Labute approximate surface area is 218 Å². The van der Waals surface area contributed by atoms with Gasteiger partial charge in [0.2, 0.25) is 5.91 Å². The van der Waals surface area contributed by atoms with Crippen molar-refractivity contribution < 1.29 is 19.1 Å². The molecular weight excluding hydrogens is 476 g/mol. The summed E-state index contributed by atoms with van der Waals surface area (Å²) in [4.78, 5) is 40.8. The Balaban J connectivity index is 2.49. The van der Waals surface area contributed by atoms with Crippen LogP contribution in [0.3, 0.4) is 0 Å². The summed E-state index contributed by atoms with van der Waals surface area (Å²) in [7, 11) is 0. The number of ether oxygens (including phenoxy) is 1. The zero-order chi connectivity index (χ0) is 27.0. The highest BCUT2D eigenvalue weighted by Gasteiger charge is 2.36. The van der Waals surface area contributed by atoms with E-state index in [0.29, 0.717) is 11.3 Å². The van der Waals surface area contributed by atoms with Crippen LogP contribution in [-0.2, 0) is 14.3 Å². The Morgan fingerprint density at radius 1 is 1.06 bits per heavy atom. The molecule has 0 fully saturated rings. The van der Waals surface area contributed by atoms with E-state index in [9.17, 15) is 19.6 Å². The number of nitrogens with one attached hydrogen (secondary N) is 2. The molecule has 3 amide bonds. The number of benzene rings is 2. The van der Waals surface area contributed by atoms with Crippen LogP contribution in [0.25, 0.3) is 0 Å². The highest BCUT2D eigenvalue weighted by Crippen LogP contribution is 2.27. The van der Waals surface area contributed by atoms with Gasteiger partial charge in [0.1, 0.15) is 24.2 Å². The predicted molar refractivity (Wildman–Crippen MR) is 143 cm³/mol. The molecule has 0 aromatic heterocycles. The topological polar surface area (TPSA) is 112 Å². The fourth-order valence-electron chi connectivity index (χ4n) is 3.53. The second-order valence-corrected chi connectivity index (χ2v) is 9.92. The Morgan fingerprint density at radius 2 is 1.72 bits per heavy atom. The minimum absolute atomic E-state index is 0.0565. The van der Waals surface area contributed by atoms with Gasteiger partial charge in [0.15, 0.2) is 0 Å². The van der Waals surface area contributed by atoms with Gasteiger partial charge < -0.3 is 20.3 Å². The number of nitriles is 1. The fourth-order valence-corrected chi connectivity index (χ4v) is 3.78. The van der Waals surface area contributed by atoms with Crippen molar-refractivity contribution in [1.82, 2.24) is 10.2 Å². The monoisotopic (exact) mass is 510 g/mol. The third-order valence-corrected chi connectivity index (χ3v) is 5.87. The number of thiol groups is 1. The van der Waals surface area contributed by atoms with Crippen LogP contribution in [0.2, 0.25) is 0 Å². The first kappa shape index (κ1) is 28.7. The van der Waals surface area contributed by atoms with Crippen LogP contribution >= 0.6 is 12.6 Å². The lowest BCUT2D eigenvalue weighted by Gasteiger charge is -2.33. The number of hydrogen-bond acceptors (Lipinski definition) is 6. The molecule has 0 spiro atoms. The van der Waals surface area contributed by atoms with Crippen molar-refractivity contribution in [1.29, 1.82) is 5.26 Å². The highest BCUT2D eigenvalue weighted by atomic mass is 32.1. The van der Waals surface area contributed by atoms with Crippen molar-refractivity contribution in [3.63, 3.8) is 0 Å². The van der Waals surface area contributed by atoms with E-state index in [4.69, 9.17) is 4.74 Å². The molecule has 2 N–H and O–H groups in total. The van der Waals surface area contributed by atoms with Crippen molar-refractivity contribution in [3.05, 3.63) is 64.7 Å². The number of hydrogen-bond donors (Lipinski definition) is 3. The number of aryl methyl sites for hydroxylation is 3. The minimum atomic E-state index is -1.13. The number of rotatable bonds is 8. The molecule has 9 heteroatoms. The molecule has 0 bridgehead atoms. The molecule has 0 radical (unpaired) electrons. The number of para-hydroxylation sites is 1. The van der Waals surface area contributed by atoms with E-state index >= 15 is 0 Å². The van der Waals surface area contributed by atoms with Gasteiger partial charge in [0.05, 0.1) is 6.07 Å². The summed E-state index contributed by atoms with van der Waals surface area (Å²) in [5.41, 5.74) is 3.18. The van der Waals surface area contributed by atoms with Crippen LogP contribution in [0.5, 0.6) is 0 Å². The molecule has 2 aromatic carbocycles. The van der Waals surface area contributed by atoms with Gasteiger partial charge in [0, 0.05) is 11.4 Å². The van der Waals surface area contributed by atoms with E-state index in [2.05, 4.69) is 23.3 Å². The maximum atomic E-state index is 13.7. The SMILES string of the molecule is Cc1ccc(C(C(=O)Nc2ccccc2C)N(CC#N)C(=O)C(CS)NC(=O)OC(C)(C)C)cc1C. The fraction of sp³-hybridized carbons (Fsp3) is 0.407. The van der Waals surface area contributed by atoms with E-state index in [1.165, 1.54) is 0 Å². The van der Waals surface area contributed by atoms with Crippen LogP contribution in [-0.4, -0.2) is 46.7 Å². The van der Waals surface area contributed by atoms with Gasteiger partial charge in [0.25, 0.3) is 5.91 Å². The van der Waals surface area contributed by atoms with E-state index in [1.54, 1.807) is 39.0 Å². The van der Waals surface area contributed by atoms with Crippen molar-refractivity contribution in [2.24, 2.45) is 0 Å². The van der Waals surface area contributed by atoms with Gasteiger partial charge in [-0.2, -0.15) is 17.9 Å². The molecule has 2 atom stereocenters. The number of carbonyl (C=O) groups excluding carboxylic acids is 3. The summed E-state index contributed by atoms with van der Waals surface area (Å²) in [6.45, 7) is 10.5. The lowest BCUT2D eigenvalue weighted by atomic mass is 9.98. The molecular formula is C27H34N4O4S. The third kappa shape index (κ3) is 7.75. The van der Waals surface area contributed by atoms with Crippen LogP contribution < -0.4 is 10.6 Å². The molecule has 0 aliphatic heterocycles. The van der Waals surface area contributed by atoms with Gasteiger partial charge in [-0.25, -0.2) is 4.79 Å². The molecule has 0 aliphatic carbocycles. The minimum Gasteiger partial charge on any atom is -0.444 e. The molecule has 0 heterocycles. The van der Waals surface area contributed by atoms with Gasteiger partial charge >= 0.3 is 6.09 Å². The van der Waals surface area contributed by atoms with Gasteiger partial charge in [-0.1, -0.05) is 36.4 Å². The smallest absolute Gasteiger partial charge is 0.408 e. The second kappa shape index (κ2) is 12.5. The summed E-state index contributed by atoms with van der Waals surface area (Å²) >= 11 is 4.23. The number of amides is 3. The van der Waals surface area contributed by atoms with Crippen molar-refractivity contribution in [2.45, 2.75) is 59.2 Å². The zero-order valence-electron chi connectivity index (χ0n) is 21.6. The average molecular weight is 511 g/mol. The quantitative estimate of drug-likeness (QED) is 0.358. The third-order valence-electron chi connectivity index (χ3n) is 5.51. The zero-order valence-corrected chi connectivity index (χ0v) is 22.5. The van der Waals surface area contributed by atoms with Crippen LogP contribution in [0, 0.1) is 32.1 Å². The van der Waals surface area contributed by atoms with Gasteiger partial charge in [-0.3, -0.25) is 9.59 Å². The maximum Gasteiger partial charge on any atom is 0.408 e. The summed E-state index contributed by atoms with van der Waals surface area (Å²) in [5.74, 6) is -1.16. The first-order valence-electron chi connectivity index (χ1n) is 11.6. The van der Waals surface area contributed by atoms with Crippen molar-refractivity contribution in [3.8, 4) is 6.07 Å². The first-order chi connectivity index (χ1) is 16.9. The van der Waals surface area contributed by atoms with Crippen molar-refractivity contribution >= 4 is 36.2 Å². The summed E-state index contributed by atoms with van der Waals surface area (Å²) in [6, 6.07) is 12.5. The largest absolute Gasteiger partial charge is 0.444 e. The van der Waals surface area contributed by atoms with Crippen LogP contribution in [0.4, 0.5) is 10.5 Å². The molecule has 2 unspecified atom stereocenters. The Hall–Kier alpha value is -3.51. The molecule has 0 saturated carbocycles. The maximum absolute atomic E-state index is 13.7. The second-order valence-electron chi connectivity index (χ2n) is 9.56. The Kier molecular flexibility index (Phi) is 9.93. The molecule has 192 valence electrons. The van der Waals surface area contributed by atoms with E-state index < -0.39 is 35.6 Å². The molecule has 8 nitrogen and oxygen atoms in total. The van der Waals surface area contributed by atoms with E-state index in [-0.39, 0.29) is 12.3 Å². The number of nitrogens with zero attached hydrogens (tertiary/aromatic N) is 2. The number of alkyl carbamates (subject to hydrolysis) is 1.